The molecule has 1 unspecified atom stereocenters. The topological polar surface area (TPSA) is 114 Å². The monoisotopic (exact) mass is 304 g/mol. The van der Waals surface area contributed by atoms with E-state index in [-0.39, 0.29) is 29.8 Å². The van der Waals surface area contributed by atoms with Crippen LogP contribution >= 0.6 is 12.4 Å². The number of hydrogen-bond donors (Lipinski definition) is 3. The summed E-state index contributed by atoms with van der Waals surface area (Å²) in [5.41, 5.74) is 5.34. The van der Waals surface area contributed by atoms with E-state index >= 15 is 0 Å². The average molecular weight is 305 g/mol. The highest BCUT2D eigenvalue weighted by atomic mass is 35.5. The van der Waals surface area contributed by atoms with E-state index in [1.54, 1.807) is 0 Å². The lowest BCUT2D eigenvalue weighted by molar-refractivity contribution is -0.389. The van der Waals surface area contributed by atoms with E-state index < -0.39 is 10.5 Å². The predicted molar refractivity (Wildman–Crippen MR) is 79.1 cm³/mol. The highest BCUT2D eigenvalue weighted by Gasteiger charge is 2.28. The van der Waals surface area contributed by atoms with Crippen LogP contribution in [-0.2, 0) is 0 Å². The van der Waals surface area contributed by atoms with Crippen molar-refractivity contribution in [2.24, 2.45) is 11.7 Å². The minimum absolute atomic E-state index is 0. The summed E-state index contributed by atoms with van der Waals surface area (Å²) in [7, 11) is 0. The lowest BCUT2D eigenvalue weighted by Crippen LogP contribution is -2.52. The Bertz CT molecular complexity index is 475. The fourth-order valence-electron chi connectivity index (χ4n) is 2.05. The van der Waals surface area contributed by atoms with Gasteiger partial charge in [-0.3, -0.25) is 4.79 Å². The Balaban J connectivity index is 0.00000361. The summed E-state index contributed by atoms with van der Waals surface area (Å²) in [5, 5.41) is 13.4. The van der Waals surface area contributed by atoms with Crippen molar-refractivity contribution in [3.63, 3.8) is 0 Å². The molecule has 0 aliphatic carbocycles. The maximum absolute atomic E-state index is 12.0. The van der Waals surface area contributed by atoms with Crippen LogP contribution in [0.3, 0.4) is 0 Å². The van der Waals surface area contributed by atoms with E-state index in [1.165, 1.54) is 12.1 Å². The Hall–Kier alpha value is -1.60. The molecular weight excluding hydrogens is 284 g/mol. The summed E-state index contributed by atoms with van der Waals surface area (Å²) in [6.07, 6.45) is 0.734. The highest BCUT2D eigenvalue weighted by molar-refractivity contribution is 5.93. The number of carbonyl (C=O) groups excluding carboxylic acids is 1. The van der Waals surface area contributed by atoms with Gasteiger partial charge in [-0.2, -0.15) is 0 Å². The van der Waals surface area contributed by atoms with E-state index in [2.05, 4.69) is 10.3 Å². The lowest BCUT2D eigenvalue weighted by atomic mass is 9.90. The molecule has 0 radical (unpaired) electrons. The van der Waals surface area contributed by atoms with Gasteiger partial charge in [0.2, 0.25) is 0 Å². The molecule has 0 spiro atoms. The summed E-state index contributed by atoms with van der Waals surface area (Å²) in [6, 6.07) is 2.65. The maximum Gasteiger partial charge on any atom is 0.321 e. The second-order valence-corrected chi connectivity index (χ2v) is 5.33. The van der Waals surface area contributed by atoms with Crippen molar-refractivity contribution in [1.82, 2.24) is 10.3 Å². The predicted octanol–water partition coefficient (Wildman–Crippen LogP) is 1.84. The first-order valence-corrected chi connectivity index (χ1v) is 6.13. The number of hydrogen-bond acceptors (Lipinski definition) is 4. The molecule has 0 aromatic carbocycles. The molecule has 1 aromatic heterocycles. The van der Waals surface area contributed by atoms with Crippen LogP contribution in [0.2, 0.25) is 0 Å². The third-order valence-corrected chi connectivity index (χ3v) is 2.84. The number of nitro groups is 1. The Morgan fingerprint density at radius 3 is 2.55 bits per heavy atom. The van der Waals surface area contributed by atoms with Crippen LogP contribution in [0.5, 0.6) is 0 Å². The van der Waals surface area contributed by atoms with Crippen LogP contribution < -0.4 is 11.1 Å². The summed E-state index contributed by atoms with van der Waals surface area (Å²) in [4.78, 5) is 24.4. The molecule has 1 rings (SSSR count). The number of amides is 1. The molecule has 1 amide bonds. The second-order valence-electron chi connectivity index (χ2n) is 5.33. The first-order valence-electron chi connectivity index (χ1n) is 6.13. The molecule has 7 nitrogen and oxygen atoms in total. The normalized spacial score (nSPS) is 13.4. The summed E-state index contributed by atoms with van der Waals surface area (Å²) >= 11 is 0. The molecule has 0 saturated carbocycles. The maximum atomic E-state index is 12.0. The van der Waals surface area contributed by atoms with Crippen LogP contribution in [0.1, 0.15) is 37.7 Å². The van der Waals surface area contributed by atoms with Crippen molar-refractivity contribution in [2.75, 3.05) is 6.54 Å². The molecule has 0 aliphatic heterocycles. The molecule has 20 heavy (non-hydrogen) atoms. The Labute approximate surface area is 123 Å². The molecule has 0 aliphatic rings. The van der Waals surface area contributed by atoms with Crippen molar-refractivity contribution in [3.8, 4) is 0 Å². The summed E-state index contributed by atoms with van der Waals surface area (Å²) < 4.78 is 0. The quantitative estimate of drug-likeness (QED) is 0.549. The first-order chi connectivity index (χ1) is 8.77. The van der Waals surface area contributed by atoms with E-state index in [0.29, 0.717) is 12.5 Å². The fourth-order valence-corrected chi connectivity index (χ4v) is 2.05. The number of nitrogens with two attached hydrogens (primary N) is 1. The number of carbonyl (C=O) groups is 1. The number of H-pyrrole nitrogens is 1. The highest BCUT2D eigenvalue weighted by Crippen LogP contribution is 2.17. The van der Waals surface area contributed by atoms with Gasteiger partial charge in [-0.15, -0.1) is 12.4 Å². The average Bonchev–Trinajstić information content (AvgIpc) is 2.77. The van der Waals surface area contributed by atoms with Gasteiger partial charge in [0, 0.05) is 12.6 Å². The Morgan fingerprint density at radius 2 is 2.15 bits per heavy atom. The largest absolute Gasteiger partial charge is 0.358 e. The van der Waals surface area contributed by atoms with Gasteiger partial charge in [0.05, 0.1) is 5.54 Å². The summed E-state index contributed by atoms with van der Waals surface area (Å²) in [5.74, 6) is -0.211. The second kappa shape index (κ2) is 7.25. The van der Waals surface area contributed by atoms with Crippen molar-refractivity contribution in [1.29, 1.82) is 0 Å². The van der Waals surface area contributed by atoms with Gasteiger partial charge in [0.15, 0.2) is 5.69 Å². The van der Waals surface area contributed by atoms with Crippen LogP contribution in [0.25, 0.3) is 0 Å². The third kappa shape index (κ3) is 4.82. The zero-order chi connectivity index (χ0) is 14.6. The van der Waals surface area contributed by atoms with Gasteiger partial charge < -0.3 is 21.2 Å². The number of nitrogens with zero attached hydrogens (tertiary/aromatic N) is 1. The van der Waals surface area contributed by atoms with Gasteiger partial charge in [-0.1, -0.05) is 13.8 Å². The van der Waals surface area contributed by atoms with E-state index in [9.17, 15) is 14.9 Å². The van der Waals surface area contributed by atoms with Crippen LogP contribution in [-0.4, -0.2) is 27.9 Å². The van der Waals surface area contributed by atoms with Crippen molar-refractivity contribution < 1.29 is 9.72 Å². The Kier molecular flexibility index (Phi) is 6.67. The van der Waals surface area contributed by atoms with Crippen molar-refractivity contribution in [2.45, 2.75) is 32.7 Å². The third-order valence-electron chi connectivity index (χ3n) is 2.84. The molecule has 1 aromatic rings. The molecule has 4 N–H and O–H groups in total. The first kappa shape index (κ1) is 18.4. The SMILES string of the molecule is CC(C)CC(C)(CN)NC(=O)c1ccc([N+](=O)[O-])[nH]1.Cl. The smallest absolute Gasteiger partial charge is 0.321 e. The molecule has 0 saturated heterocycles. The molecule has 1 heterocycles. The van der Waals surface area contributed by atoms with Crippen molar-refractivity contribution in [3.05, 3.63) is 27.9 Å². The molecule has 8 heteroatoms. The van der Waals surface area contributed by atoms with Crippen LogP contribution in [0.4, 0.5) is 5.82 Å². The lowest BCUT2D eigenvalue weighted by Gasteiger charge is -2.30. The number of aromatic nitrogens is 1. The van der Waals surface area contributed by atoms with Crippen LogP contribution in [0, 0.1) is 16.0 Å². The molecule has 0 fully saturated rings. The van der Waals surface area contributed by atoms with Gasteiger partial charge >= 0.3 is 5.82 Å². The van der Waals surface area contributed by atoms with Gasteiger partial charge in [-0.05, 0) is 30.3 Å². The minimum atomic E-state index is -0.576. The zero-order valence-corrected chi connectivity index (χ0v) is 12.6. The molecule has 0 bridgehead atoms. The molecule has 114 valence electrons. The van der Waals surface area contributed by atoms with Gasteiger partial charge in [0.25, 0.3) is 5.91 Å². The summed E-state index contributed by atoms with van der Waals surface area (Å²) in [6.45, 7) is 6.25. The van der Waals surface area contributed by atoms with Gasteiger partial charge in [-0.25, -0.2) is 4.98 Å². The molecular formula is C12H21ClN4O3. The van der Waals surface area contributed by atoms with Gasteiger partial charge in [0.1, 0.15) is 0 Å². The minimum Gasteiger partial charge on any atom is -0.358 e. The van der Waals surface area contributed by atoms with Crippen LogP contribution in [0.15, 0.2) is 12.1 Å². The standard InChI is InChI=1S/C12H20N4O3.ClH/c1-8(2)6-12(3,7-13)15-11(17)9-4-5-10(14-9)16(18)19;/h4-5,8,14H,6-7,13H2,1-3H3,(H,15,17);1H. The fraction of sp³-hybridized carbons (Fsp3) is 0.583. The zero-order valence-electron chi connectivity index (χ0n) is 11.8. The number of aromatic amines is 1. The number of rotatable bonds is 6. The Morgan fingerprint density at radius 1 is 1.55 bits per heavy atom. The number of nitrogens with one attached hydrogen (secondary N) is 2. The van der Waals surface area contributed by atoms with Crippen molar-refractivity contribution >= 4 is 24.1 Å². The molecule has 1 atom stereocenters. The van der Waals surface area contributed by atoms with E-state index in [0.717, 1.165) is 6.42 Å². The van der Waals surface area contributed by atoms with E-state index in [4.69, 9.17) is 5.73 Å². The number of halogens is 1. The van der Waals surface area contributed by atoms with E-state index in [1.807, 2.05) is 20.8 Å².